The summed E-state index contributed by atoms with van der Waals surface area (Å²) in [4.78, 5) is -0.116. The van der Waals surface area contributed by atoms with E-state index in [4.69, 9.17) is 8.37 Å². The lowest BCUT2D eigenvalue weighted by Crippen LogP contribution is -2.38. The van der Waals surface area contributed by atoms with Gasteiger partial charge >= 0.3 is 0 Å². The Morgan fingerprint density at radius 2 is 1.04 bits per heavy atom. The second-order valence-electron chi connectivity index (χ2n) is 6.56. The molecule has 0 aliphatic carbocycles. The summed E-state index contributed by atoms with van der Waals surface area (Å²) in [5.41, 5.74) is -0.0680. The van der Waals surface area contributed by atoms with Crippen LogP contribution in [0.1, 0.15) is 18.1 Å². The van der Waals surface area contributed by atoms with Crippen LogP contribution in [0.3, 0.4) is 0 Å². The summed E-state index contributed by atoms with van der Waals surface area (Å²) in [6, 6.07) is 12.0. The molecule has 0 aliphatic rings. The Balaban J connectivity index is 2.00. The zero-order valence-corrected chi connectivity index (χ0v) is 16.9. The van der Waals surface area contributed by atoms with Gasteiger partial charge in [-0.1, -0.05) is 35.4 Å². The van der Waals surface area contributed by atoms with E-state index in [1.807, 2.05) is 13.8 Å². The van der Waals surface area contributed by atoms with Crippen LogP contribution in [0.4, 0.5) is 0 Å². The molecule has 0 atom stereocenters. The standard InChI is InChI=1S/C18H22O7S2/c1-14-4-8-16(9-5-14)26(20,21)24-12-18(3,19)13-25-27(22,23)17-10-6-15(2)7-11-17/h4-11,19H,12-13H2,1-3H3. The summed E-state index contributed by atoms with van der Waals surface area (Å²) in [5.74, 6) is 0. The van der Waals surface area contributed by atoms with Crippen LogP contribution in [-0.2, 0) is 28.6 Å². The fourth-order valence-corrected chi connectivity index (χ4v) is 4.03. The van der Waals surface area contributed by atoms with Gasteiger partial charge in [-0.25, -0.2) is 0 Å². The molecule has 7 nitrogen and oxygen atoms in total. The molecule has 148 valence electrons. The highest BCUT2D eigenvalue weighted by atomic mass is 32.2. The molecule has 9 heteroatoms. The zero-order chi connectivity index (χ0) is 20.3. The second kappa shape index (κ2) is 8.07. The molecule has 0 heterocycles. The minimum absolute atomic E-state index is 0.0582. The van der Waals surface area contributed by atoms with Crippen molar-refractivity contribution in [2.45, 2.75) is 36.2 Å². The number of aliphatic hydroxyl groups is 1. The van der Waals surface area contributed by atoms with Gasteiger partial charge in [-0.15, -0.1) is 0 Å². The first-order chi connectivity index (χ1) is 12.4. The van der Waals surface area contributed by atoms with Crippen LogP contribution < -0.4 is 0 Å². The van der Waals surface area contributed by atoms with E-state index < -0.39 is 39.1 Å². The quantitative estimate of drug-likeness (QED) is 0.660. The summed E-state index contributed by atoms with van der Waals surface area (Å²) in [7, 11) is -8.17. The van der Waals surface area contributed by atoms with Crippen molar-refractivity contribution >= 4 is 20.2 Å². The summed E-state index contributed by atoms with van der Waals surface area (Å²) in [5, 5.41) is 10.2. The van der Waals surface area contributed by atoms with Crippen molar-refractivity contribution in [3.05, 3.63) is 59.7 Å². The van der Waals surface area contributed by atoms with Crippen molar-refractivity contribution in [1.82, 2.24) is 0 Å². The molecule has 0 saturated heterocycles. The monoisotopic (exact) mass is 414 g/mol. The molecule has 0 bridgehead atoms. The van der Waals surface area contributed by atoms with Crippen LogP contribution in [0.15, 0.2) is 58.3 Å². The van der Waals surface area contributed by atoms with Crippen LogP contribution >= 0.6 is 0 Å². The zero-order valence-electron chi connectivity index (χ0n) is 15.2. The molecule has 0 saturated carbocycles. The van der Waals surface area contributed by atoms with Crippen LogP contribution in [0.2, 0.25) is 0 Å². The average molecular weight is 415 g/mol. The minimum Gasteiger partial charge on any atom is -0.385 e. The molecular weight excluding hydrogens is 392 g/mol. The average Bonchev–Trinajstić information content (AvgIpc) is 2.60. The maximum Gasteiger partial charge on any atom is 0.297 e. The van der Waals surface area contributed by atoms with Crippen LogP contribution in [0, 0.1) is 13.8 Å². The van der Waals surface area contributed by atoms with Gasteiger partial charge in [-0.3, -0.25) is 8.37 Å². The third-order valence-electron chi connectivity index (χ3n) is 3.67. The smallest absolute Gasteiger partial charge is 0.297 e. The van der Waals surface area contributed by atoms with Crippen molar-refractivity contribution in [2.75, 3.05) is 13.2 Å². The Kier molecular flexibility index (Phi) is 6.43. The Hall–Kier alpha value is -1.78. The van der Waals surface area contributed by atoms with Gasteiger partial charge in [0.05, 0.1) is 23.0 Å². The van der Waals surface area contributed by atoms with E-state index in [9.17, 15) is 21.9 Å². The SMILES string of the molecule is Cc1ccc(S(=O)(=O)OCC(C)(O)COS(=O)(=O)c2ccc(C)cc2)cc1. The molecular formula is C18H22O7S2. The molecule has 0 aliphatic heterocycles. The number of aryl methyl sites for hydroxylation is 2. The number of hydrogen-bond donors (Lipinski definition) is 1. The molecule has 0 radical (unpaired) electrons. The molecule has 0 unspecified atom stereocenters. The summed E-state index contributed by atoms with van der Waals surface area (Å²) >= 11 is 0. The minimum atomic E-state index is -4.09. The fourth-order valence-electron chi connectivity index (χ4n) is 2.00. The maximum atomic E-state index is 12.2. The van der Waals surface area contributed by atoms with E-state index >= 15 is 0 Å². The largest absolute Gasteiger partial charge is 0.385 e. The van der Waals surface area contributed by atoms with E-state index in [1.165, 1.54) is 31.2 Å². The highest BCUT2D eigenvalue weighted by Gasteiger charge is 2.29. The third kappa shape index (κ3) is 6.12. The summed E-state index contributed by atoms with van der Waals surface area (Å²) in [6.45, 7) is 3.53. The highest BCUT2D eigenvalue weighted by molar-refractivity contribution is 7.87. The van der Waals surface area contributed by atoms with E-state index in [0.29, 0.717) is 0 Å². The van der Waals surface area contributed by atoms with Crippen molar-refractivity contribution in [3.63, 3.8) is 0 Å². The van der Waals surface area contributed by atoms with Crippen molar-refractivity contribution in [1.29, 1.82) is 0 Å². The molecule has 0 fully saturated rings. The van der Waals surface area contributed by atoms with E-state index in [0.717, 1.165) is 11.1 Å². The second-order valence-corrected chi connectivity index (χ2v) is 9.79. The molecule has 0 spiro atoms. The number of rotatable bonds is 8. The van der Waals surface area contributed by atoms with E-state index in [2.05, 4.69) is 0 Å². The van der Waals surface area contributed by atoms with Crippen LogP contribution in [0.5, 0.6) is 0 Å². The molecule has 2 aromatic rings. The van der Waals surface area contributed by atoms with Gasteiger partial charge in [-0.05, 0) is 45.0 Å². The Morgan fingerprint density at radius 1 is 0.741 bits per heavy atom. The molecule has 0 aromatic heterocycles. The summed E-state index contributed by atoms with van der Waals surface area (Å²) in [6.07, 6.45) is 0. The lowest BCUT2D eigenvalue weighted by Gasteiger charge is -2.22. The van der Waals surface area contributed by atoms with Crippen molar-refractivity contribution in [3.8, 4) is 0 Å². The predicted molar refractivity (Wildman–Crippen MR) is 99.3 cm³/mol. The maximum absolute atomic E-state index is 12.2. The van der Waals surface area contributed by atoms with Gasteiger partial charge in [0.2, 0.25) is 0 Å². The Bertz CT molecular complexity index is 894. The van der Waals surface area contributed by atoms with Gasteiger partial charge in [0.1, 0.15) is 5.60 Å². The first-order valence-electron chi connectivity index (χ1n) is 8.06. The highest BCUT2D eigenvalue weighted by Crippen LogP contribution is 2.18. The van der Waals surface area contributed by atoms with Gasteiger partial charge in [0.15, 0.2) is 0 Å². The molecule has 27 heavy (non-hydrogen) atoms. The van der Waals surface area contributed by atoms with Crippen molar-refractivity contribution in [2.24, 2.45) is 0 Å². The molecule has 1 N–H and O–H groups in total. The predicted octanol–water partition coefficient (Wildman–Crippen LogP) is 2.17. The van der Waals surface area contributed by atoms with Gasteiger partial charge < -0.3 is 5.11 Å². The molecule has 2 aromatic carbocycles. The number of benzene rings is 2. The molecule has 2 rings (SSSR count). The van der Waals surface area contributed by atoms with Crippen molar-refractivity contribution < 1.29 is 30.3 Å². The van der Waals surface area contributed by atoms with Crippen LogP contribution in [0.25, 0.3) is 0 Å². The van der Waals surface area contributed by atoms with Gasteiger partial charge in [-0.2, -0.15) is 16.8 Å². The Labute approximate surface area is 159 Å². The molecule has 0 amide bonds. The first-order valence-corrected chi connectivity index (χ1v) is 10.9. The topological polar surface area (TPSA) is 107 Å². The fraction of sp³-hybridized carbons (Fsp3) is 0.333. The normalized spacial score (nSPS) is 12.9. The van der Waals surface area contributed by atoms with E-state index in [-0.39, 0.29) is 9.79 Å². The summed E-state index contributed by atoms with van der Waals surface area (Å²) < 4.78 is 58.3. The Morgan fingerprint density at radius 3 is 1.33 bits per heavy atom. The first kappa shape index (κ1) is 21.5. The lowest BCUT2D eigenvalue weighted by molar-refractivity contribution is -0.0214. The third-order valence-corrected chi connectivity index (χ3v) is 6.22. The van der Waals surface area contributed by atoms with Gasteiger partial charge in [0, 0.05) is 0 Å². The van der Waals surface area contributed by atoms with E-state index in [1.54, 1.807) is 24.3 Å². The van der Waals surface area contributed by atoms with Gasteiger partial charge in [0.25, 0.3) is 20.2 Å². The number of hydrogen-bond acceptors (Lipinski definition) is 7. The lowest BCUT2D eigenvalue weighted by atomic mass is 10.1. The van der Waals surface area contributed by atoms with Crippen LogP contribution in [-0.4, -0.2) is 40.8 Å².